The molecule has 6 aliphatic rings. The lowest BCUT2D eigenvalue weighted by atomic mass is 9.85. The molecule has 1 unspecified atom stereocenters. The van der Waals surface area contributed by atoms with E-state index in [-0.39, 0.29) is 76.2 Å². The van der Waals surface area contributed by atoms with E-state index in [1.54, 1.807) is 150 Å². The first-order chi connectivity index (χ1) is 58.9. The zero-order valence-corrected chi connectivity index (χ0v) is 73.7. The van der Waals surface area contributed by atoms with Gasteiger partial charge >= 0.3 is 24.1 Å². The van der Waals surface area contributed by atoms with Gasteiger partial charge in [-0.3, -0.25) is 48.2 Å². The summed E-state index contributed by atoms with van der Waals surface area (Å²) < 4.78 is 31.8. The Morgan fingerprint density at radius 3 is 1.23 bits per heavy atom. The minimum atomic E-state index is -1.59. The number of nitrogens with zero attached hydrogens (tertiary/aromatic N) is 10. The monoisotopic (exact) mass is 1720 g/mol. The van der Waals surface area contributed by atoms with Crippen LogP contribution in [0.4, 0.5) is 9.59 Å². The second kappa shape index (κ2) is 38.8. The van der Waals surface area contributed by atoms with Gasteiger partial charge in [-0.15, -0.1) is 10.2 Å². The maximum atomic E-state index is 15.9. The molecule has 0 saturated carbocycles. The highest BCUT2D eigenvalue weighted by molar-refractivity contribution is 5.99. The number of nitrogens with one attached hydrogen (secondary N) is 6. The van der Waals surface area contributed by atoms with Crippen LogP contribution in [0.1, 0.15) is 155 Å². The van der Waals surface area contributed by atoms with E-state index in [4.69, 9.17) is 23.7 Å². The first-order valence-corrected chi connectivity index (χ1v) is 41.8. The molecule has 8 aromatic rings. The normalized spacial score (nSPS) is 20.6. The van der Waals surface area contributed by atoms with Gasteiger partial charge in [-0.05, 0) is 147 Å². The molecule has 34 heteroatoms. The molecule has 8 bridgehead atoms. The van der Waals surface area contributed by atoms with E-state index in [0.29, 0.717) is 33.8 Å². The Morgan fingerprint density at radius 2 is 0.872 bits per heavy atom. The van der Waals surface area contributed by atoms with E-state index in [2.05, 4.69) is 52.5 Å². The summed E-state index contributed by atoms with van der Waals surface area (Å²) in [4.78, 5) is 181. The number of methoxy groups -OCH3 is 1. The average Bonchev–Trinajstić information content (AvgIpc) is 1.64. The molecule has 7 N–H and O–H groups in total. The Labute approximate surface area is 725 Å². The number of likely N-dealkylation sites (tertiary alicyclic amines) is 2. The van der Waals surface area contributed by atoms with Crippen LogP contribution in [0.5, 0.6) is 11.5 Å². The van der Waals surface area contributed by atoms with Gasteiger partial charge < -0.3 is 70.5 Å². The third kappa shape index (κ3) is 23.5. The molecule has 12 atom stereocenters. The summed E-state index contributed by atoms with van der Waals surface area (Å²) in [6, 6.07) is 23.4. The van der Waals surface area contributed by atoms with Crippen LogP contribution >= 0.6 is 0 Å². The molecule has 2 fully saturated rings. The Bertz CT molecular complexity index is 5300. The molecule has 0 radical (unpaired) electrons. The number of likely N-dealkylation sites (N-methyl/N-ethyl adjacent to an activating group) is 2. The van der Waals surface area contributed by atoms with Crippen LogP contribution < -0.4 is 41.4 Å². The topological polar surface area (TPSA) is 418 Å². The summed E-state index contributed by atoms with van der Waals surface area (Å²) in [5, 5.41) is 49.4. The van der Waals surface area contributed by atoms with Crippen LogP contribution in [0.2, 0.25) is 0 Å². The standard InChI is InChI=1S/C91H114N16O18/c1-52(102(15)86(119)124-90(9,10)11)76(108)96-74(88(3,4)5)82(114)104-40-38-70-72(104)80(112)92-66(46-56-26-32-58-22-18-20-24-60(58)42-56)78(110)94-68(84(116)117)44-54-28-34-64(35-29-54)122-50-62-48-107(101-98-62)71-39-41-105(83(115)75(89(6,7)8)97-77(109)53(2)103(16)87(120)125-91(12,13)14)73(71)81(113)93-67(47-57-27-33-59-23-19-21-25-61(59)43-57)79(111)95-69(85(118)121-17)45-55-30-36-65(37-31-55)123-51-63-49-106(70)100-99-63/h18-37,42-43,48-49,52-53,66-75H,38-41,44-47,50-51H2,1-17H3,(H,92,112)(H,93,113)(H,94,110)(H,95,111)(H,96,108)(H,97,109)(H,116,117)/t52-,53-,66-,67-,68-,69-,70?,71+,72-,73-,74+,75+/m0/s1. The number of amides is 10. The number of aromatic nitrogens is 6. The molecule has 34 nitrogen and oxygen atoms in total. The van der Waals surface area contributed by atoms with Crippen molar-refractivity contribution < 1.29 is 86.3 Å². The number of carbonyl (C=O) groups excluding carboxylic acids is 11. The van der Waals surface area contributed by atoms with Crippen LogP contribution in [0.15, 0.2) is 146 Å². The molecule has 2 aromatic heterocycles. The van der Waals surface area contributed by atoms with Gasteiger partial charge in [-0.2, -0.15) is 0 Å². The highest BCUT2D eigenvalue weighted by Crippen LogP contribution is 2.36. The lowest BCUT2D eigenvalue weighted by molar-refractivity contribution is -0.146. The number of esters is 1. The number of aliphatic carboxylic acids is 1. The van der Waals surface area contributed by atoms with Gasteiger partial charge in [0.2, 0.25) is 47.3 Å². The summed E-state index contributed by atoms with van der Waals surface area (Å²) in [5.74, 6) is -7.70. The van der Waals surface area contributed by atoms with Crippen molar-refractivity contribution in [2.24, 2.45) is 10.8 Å². The molecule has 2 saturated heterocycles. The van der Waals surface area contributed by atoms with Crippen LogP contribution in [0, 0.1) is 10.8 Å². The van der Waals surface area contributed by atoms with Crippen LogP contribution in [-0.4, -0.2) is 232 Å². The smallest absolute Gasteiger partial charge is 0.410 e. The van der Waals surface area contributed by atoms with Crippen LogP contribution in [0.25, 0.3) is 21.5 Å². The summed E-state index contributed by atoms with van der Waals surface area (Å²) in [6.45, 7) is 22.9. The Kier molecular flexibility index (Phi) is 28.8. The molecule has 6 aromatic carbocycles. The number of rotatable bonds is 14. The Balaban J connectivity index is 0.944. The van der Waals surface area contributed by atoms with Crippen molar-refractivity contribution in [3.05, 3.63) is 179 Å². The first kappa shape index (κ1) is 92.7. The van der Waals surface area contributed by atoms with Gasteiger partial charge in [-0.1, -0.05) is 161 Å². The summed E-state index contributed by atoms with van der Waals surface area (Å²) in [6.07, 6.45) is 1.01. The molecule has 10 amide bonds. The van der Waals surface area contributed by atoms with E-state index < -0.39 is 166 Å². The first-order valence-electron chi connectivity index (χ1n) is 41.8. The number of ether oxygens (including phenoxy) is 5. The van der Waals surface area contributed by atoms with Crippen LogP contribution in [0.3, 0.4) is 0 Å². The number of benzene rings is 6. The highest BCUT2D eigenvalue weighted by Gasteiger charge is 2.51. The van der Waals surface area contributed by atoms with Crippen molar-refractivity contribution >= 4 is 92.9 Å². The second-order valence-electron chi connectivity index (χ2n) is 36.3. The molecular formula is C91H114N16O18. The van der Waals surface area contributed by atoms with Crippen molar-refractivity contribution in [3.8, 4) is 11.5 Å². The molecule has 8 heterocycles. The third-order valence-corrected chi connectivity index (χ3v) is 22.4. The zero-order valence-electron chi connectivity index (χ0n) is 73.7. The van der Waals surface area contributed by atoms with E-state index in [9.17, 15) is 33.9 Å². The predicted molar refractivity (Wildman–Crippen MR) is 460 cm³/mol. The molecule has 6 aliphatic heterocycles. The van der Waals surface area contributed by atoms with Gasteiger partial charge in [0, 0.05) is 52.9 Å². The molecule has 14 rings (SSSR count). The number of hydrogen-bond acceptors (Lipinski definition) is 21. The van der Waals surface area contributed by atoms with E-state index in [1.165, 1.54) is 54.2 Å². The number of carbonyl (C=O) groups is 12. The number of hydrogen-bond donors (Lipinski definition) is 7. The van der Waals surface area contributed by atoms with Crippen LogP contribution in [-0.2, 0) is 101 Å². The number of fused-ring (bicyclic) bond motifs is 2. The lowest BCUT2D eigenvalue weighted by Crippen LogP contribution is -2.62. The van der Waals surface area contributed by atoms with Crippen molar-refractivity contribution in [3.63, 3.8) is 0 Å². The molecule has 0 spiro atoms. The summed E-state index contributed by atoms with van der Waals surface area (Å²) in [5.41, 5.74) is -1.15. The van der Waals surface area contributed by atoms with Gasteiger partial charge in [0.05, 0.1) is 31.6 Å². The fourth-order valence-electron chi connectivity index (χ4n) is 15.3. The molecule has 125 heavy (non-hydrogen) atoms. The fraction of sp³-hybridized carbons (Fsp3) is 0.473. The minimum Gasteiger partial charge on any atom is -0.487 e. The van der Waals surface area contributed by atoms with Crippen molar-refractivity contribution in [1.82, 2.24) is 81.5 Å². The van der Waals surface area contributed by atoms with E-state index in [1.807, 2.05) is 78.9 Å². The van der Waals surface area contributed by atoms with Gasteiger partial charge in [0.25, 0.3) is 0 Å². The fourth-order valence-corrected chi connectivity index (χ4v) is 15.3. The number of carboxylic acid groups (broad SMARTS) is 1. The average molecular weight is 1720 g/mol. The molecular weight excluding hydrogens is 1610 g/mol. The molecule has 666 valence electrons. The quantitative estimate of drug-likeness (QED) is 0.0405. The summed E-state index contributed by atoms with van der Waals surface area (Å²) >= 11 is 0. The van der Waals surface area contributed by atoms with Crippen molar-refractivity contribution in [2.75, 3.05) is 34.3 Å². The summed E-state index contributed by atoms with van der Waals surface area (Å²) in [7, 11) is 3.97. The second-order valence-corrected chi connectivity index (χ2v) is 36.3. The van der Waals surface area contributed by atoms with E-state index in [0.717, 1.165) is 31.3 Å². The highest BCUT2D eigenvalue weighted by atomic mass is 16.6. The molecule has 0 aliphatic carbocycles. The third-order valence-electron chi connectivity index (χ3n) is 22.4. The van der Waals surface area contributed by atoms with E-state index >= 15 is 28.8 Å². The SMILES string of the molecule is COC(=O)[C@@H]1Cc2ccc(cc2)OCc2cn(nn2)C2CCN(C(=O)[C@@H](NC(=O)[C@H](C)N(C)C(=O)OC(C)(C)C)C(C)(C)C)[C@@H]2C(=O)N[C@@H](Cc2ccc3ccccc3c2)C(=O)N[C@H](C(=O)O)Cc2ccc(cc2)OCc2cn(nn2)[C@@H]2CCN(C(=O)[C@@H](NC(=O)[C@H](C)N(C)C(=O)OC(C)(C)C)C(C)(C)C)[C@@H]2C(=O)N[C@@H](Cc2ccc3ccccc3c2)C(=O)N1. The van der Waals surface area contributed by atoms with Gasteiger partial charge in [0.1, 0.15) is 108 Å². The Morgan fingerprint density at radius 1 is 0.504 bits per heavy atom. The predicted octanol–water partition coefficient (Wildman–Crippen LogP) is 7.67. The maximum Gasteiger partial charge on any atom is 0.410 e. The van der Waals surface area contributed by atoms with Crippen molar-refractivity contribution in [1.29, 1.82) is 0 Å². The minimum absolute atomic E-state index is 0.0750. The zero-order chi connectivity index (χ0) is 90.9. The van der Waals surface area contributed by atoms with Crippen molar-refractivity contribution in [2.45, 2.75) is 232 Å². The largest absolute Gasteiger partial charge is 0.487 e. The number of carboxylic acids is 1. The maximum absolute atomic E-state index is 15.9. The van der Waals surface area contributed by atoms with Gasteiger partial charge in [-0.25, -0.2) is 28.5 Å². The lowest BCUT2D eigenvalue weighted by Gasteiger charge is -2.37. The van der Waals surface area contributed by atoms with Gasteiger partial charge in [0.15, 0.2) is 0 Å². The Hall–Kier alpha value is -13.0.